The molecule has 10 heteroatoms. The highest BCUT2D eigenvalue weighted by atomic mass is 32.2. The number of halogens is 1. The first-order valence-corrected chi connectivity index (χ1v) is 14.9. The molecule has 2 aromatic rings. The number of amides is 2. The number of nitrogens with one attached hydrogen (secondary N) is 1. The molecule has 1 saturated carbocycles. The summed E-state index contributed by atoms with van der Waals surface area (Å²) in [6.07, 6.45) is 6.40. The van der Waals surface area contributed by atoms with Crippen molar-refractivity contribution >= 4 is 27.5 Å². The fourth-order valence-electron chi connectivity index (χ4n) is 4.73. The van der Waals surface area contributed by atoms with Crippen LogP contribution < -0.4 is 14.4 Å². The maximum atomic E-state index is 14.5. The minimum absolute atomic E-state index is 0.00844. The molecule has 1 fully saturated rings. The molecule has 0 aliphatic heterocycles. The first kappa shape index (κ1) is 29.4. The van der Waals surface area contributed by atoms with Gasteiger partial charge in [-0.3, -0.25) is 13.9 Å². The van der Waals surface area contributed by atoms with Gasteiger partial charge in [0.05, 0.1) is 19.1 Å². The topological polar surface area (TPSA) is 96.0 Å². The van der Waals surface area contributed by atoms with Crippen LogP contribution in [0, 0.1) is 5.82 Å². The maximum Gasteiger partial charge on any atom is 0.242 e. The van der Waals surface area contributed by atoms with Gasteiger partial charge in [-0.1, -0.05) is 43.5 Å². The van der Waals surface area contributed by atoms with E-state index in [2.05, 4.69) is 5.32 Å². The Morgan fingerprint density at radius 3 is 2.47 bits per heavy atom. The molecular weight excluding hydrogens is 509 g/mol. The van der Waals surface area contributed by atoms with Crippen molar-refractivity contribution in [2.24, 2.45) is 0 Å². The summed E-state index contributed by atoms with van der Waals surface area (Å²) in [5.41, 5.74) is 0.745. The third-order valence-electron chi connectivity index (χ3n) is 6.91. The fourth-order valence-corrected chi connectivity index (χ4v) is 5.69. The highest BCUT2D eigenvalue weighted by Crippen LogP contribution is 2.24. The first-order valence-electron chi connectivity index (χ1n) is 13.0. The van der Waals surface area contributed by atoms with Crippen LogP contribution in [-0.2, 0) is 26.2 Å². The van der Waals surface area contributed by atoms with Gasteiger partial charge in [0.1, 0.15) is 17.6 Å². The van der Waals surface area contributed by atoms with Gasteiger partial charge in [0.15, 0.2) is 0 Å². The molecule has 0 saturated heterocycles. The highest BCUT2D eigenvalue weighted by molar-refractivity contribution is 7.92. The predicted molar refractivity (Wildman–Crippen MR) is 146 cm³/mol. The van der Waals surface area contributed by atoms with Crippen LogP contribution in [0.25, 0.3) is 0 Å². The van der Waals surface area contributed by atoms with Gasteiger partial charge in [-0.05, 0) is 44.4 Å². The minimum atomic E-state index is -3.62. The molecule has 38 heavy (non-hydrogen) atoms. The lowest BCUT2D eigenvalue weighted by Crippen LogP contribution is -2.50. The SMILES string of the molecule is COc1cccc(N(CCCC(=O)N(Cc2ccccc2F)C(C)C(=O)NC2CCCCC2)S(C)(=O)=O)c1. The lowest BCUT2D eigenvalue weighted by molar-refractivity contribution is -0.141. The van der Waals surface area contributed by atoms with Gasteiger partial charge in [-0.25, -0.2) is 12.8 Å². The number of carbonyl (C=O) groups is 2. The molecule has 0 radical (unpaired) electrons. The predicted octanol–water partition coefficient (Wildman–Crippen LogP) is 4.25. The largest absolute Gasteiger partial charge is 0.497 e. The number of carbonyl (C=O) groups excluding carboxylic acids is 2. The maximum absolute atomic E-state index is 14.5. The molecule has 0 heterocycles. The molecule has 208 valence electrons. The van der Waals surface area contributed by atoms with Gasteiger partial charge in [0.2, 0.25) is 21.8 Å². The van der Waals surface area contributed by atoms with E-state index in [0.717, 1.165) is 38.4 Å². The number of anilines is 1. The number of methoxy groups -OCH3 is 1. The van der Waals surface area contributed by atoms with Crippen LogP contribution in [0.4, 0.5) is 10.1 Å². The summed E-state index contributed by atoms with van der Waals surface area (Å²) < 4.78 is 45.9. The Balaban J connectivity index is 1.73. The second kappa shape index (κ2) is 13.6. The molecule has 0 bridgehead atoms. The number of ether oxygens (including phenoxy) is 1. The van der Waals surface area contributed by atoms with Crippen LogP contribution in [0.3, 0.4) is 0 Å². The normalized spacial score (nSPS) is 14.9. The van der Waals surface area contributed by atoms with E-state index in [-0.39, 0.29) is 43.8 Å². The second-order valence-corrected chi connectivity index (χ2v) is 11.7. The van der Waals surface area contributed by atoms with Gasteiger partial charge < -0.3 is 15.0 Å². The summed E-state index contributed by atoms with van der Waals surface area (Å²) in [6.45, 7) is 1.65. The Kier molecular flexibility index (Phi) is 10.5. The molecule has 1 unspecified atom stereocenters. The molecule has 8 nitrogen and oxygen atoms in total. The quantitative estimate of drug-likeness (QED) is 0.429. The Hall–Kier alpha value is -3.14. The van der Waals surface area contributed by atoms with Crippen molar-refractivity contribution in [3.8, 4) is 5.75 Å². The van der Waals surface area contributed by atoms with E-state index >= 15 is 0 Å². The Labute approximate surface area is 225 Å². The van der Waals surface area contributed by atoms with Crippen molar-refractivity contribution in [1.82, 2.24) is 10.2 Å². The molecule has 2 amide bonds. The summed E-state index contributed by atoms with van der Waals surface area (Å²) in [5.74, 6) is -0.554. The molecular formula is C28H38FN3O5S. The molecule has 1 atom stereocenters. The van der Waals surface area contributed by atoms with Crippen molar-refractivity contribution in [1.29, 1.82) is 0 Å². The van der Waals surface area contributed by atoms with Crippen molar-refractivity contribution in [2.75, 3.05) is 24.2 Å². The van der Waals surface area contributed by atoms with Gasteiger partial charge in [-0.2, -0.15) is 0 Å². The highest BCUT2D eigenvalue weighted by Gasteiger charge is 2.29. The number of hydrogen-bond donors (Lipinski definition) is 1. The summed E-state index contributed by atoms with van der Waals surface area (Å²) >= 11 is 0. The minimum Gasteiger partial charge on any atom is -0.497 e. The summed E-state index contributed by atoms with van der Waals surface area (Å²) in [7, 11) is -2.12. The average Bonchev–Trinajstić information content (AvgIpc) is 2.90. The molecule has 0 spiro atoms. The van der Waals surface area contributed by atoms with Gasteiger partial charge in [0, 0.05) is 37.2 Å². The van der Waals surface area contributed by atoms with E-state index in [1.54, 1.807) is 49.4 Å². The van der Waals surface area contributed by atoms with Crippen LogP contribution in [0.5, 0.6) is 5.75 Å². The zero-order valence-corrected chi connectivity index (χ0v) is 23.2. The molecule has 1 aliphatic carbocycles. The lowest BCUT2D eigenvalue weighted by atomic mass is 9.95. The van der Waals surface area contributed by atoms with Crippen molar-refractivity contribution in [3.05, 3.63) is 59.9 Å². The lowest BCUT2D eigenvalue weighted by Gasteiger charge is -2.31. The zero-order valence-electron chi connectivity index (χ0n) is 22.4. The van der Waals surface area contributed by atoms with Crippen LogP contribution in [0.1, 0.15) is 57.4 Å². The molecule has 2 aromatic carbocycles. The third-order valence-corrected chi connectivity index (χ3v) is 8.10. The van der Waals surface area contributed by atoms with E-state index in [1.165, 1.54) is 22.4 Å². The third kappa shape index (κ3) is 8.18. The standard InChI is InChI=1S/C28H38FN3O5S/c1-21(28(34)30-23-12-5-4-6-13-23)31(20-22-11-7-8-16-26(22)29)27(33)17-10-18-32(38(3,35)36)24-14-9-15-25(19-24)37-2/h7-9,11,14-16,19,21,23H,4-6,10,12-13,17-18,20H2,1-3H3,(H,30,34). The Morgan fingerprint density at radius 2 is 1.82 bits per heavy atom. The van der Waals surface area contributed by atoms with Gasteiger partial charge in [-0.15, -0.1) is 0 Å². The van der Waals surface area contributed by atoms with Crippen molar-refractivity contribution < 1.29 is 27.1 Å². The van der Waals surface area contributed by atoms with Crippen LogP contribution >= 0.6 is 0 Å². The second-order valence-electron chi connectivity index (χ2n) is 9.77. The summed E-state index contributed by atoms with van der Waals surface area (Å²) in [4.78, 5) is 27.9. The monoisotopic (exact) mass is 547 g/mol. The van der Waals surface area contributed by atoms with Crippen LogP contribution in [0.2, 0.25) is 0 Å². The van der Waals surface area contributed by atoms with E-state index in [9.17, 15) is 22.4 Å². The number of hydrogen-bond acceptors (Lipinski definition) is 5. The molecule has 0 aromatic heterocycles. The zero-order chi connectivity index (χ0) is 27.7. The summed E-state index contributed by atoms with van der Waals surface area (Å²) in [5, 5.41) is 3.05. The fraction of sp³-hybridized carbons (Fsp3) is 0.500. The van der Waals surface area contributed by atoms with E-state index in [4.69, 9.17) is 4.74 Å². The van der Waals surface area contributed by atoms with Gasteiger partial charge >= 0.3 is 0 Å². The number of benzene rings is 2. The van der Waals surface area contributed by atoms with E-state index in [0.29, 0.717) is 17.0 Å². The van der Waals surface area contributed by atoms with E-state index in [1.807, 2.05) is 0 Å². The Morgan fingerprint density at radius 1 is 1.11 bits per heavy atom. The Bertz CT molecular complexity index is 1200. The molecule has 3 rings (SSSR count). The van der Waals surface area contributed by atoms with Crippen LogP contribution in [0.15, 0.2) is 48.5 Å². The van der Waals surface area contributed by atoms with Crippen molar-refractivity contribution in [3.63, 3.8) is 0 Å². The van der Waals surface area contributed by atoms with E-state index < -0.39 is 21.9 Å². The average molecular weight is 548 g/mol. The smallest absolute Gasteiger partial charge is 0.242 e. The summed E-state index contributed by atoms with van der Waals surface area (Å²) in [6, 6.07) is 12.1. The van der Waals surface area contributed by atoms with Crippen molar-refractivity contribution in [2.45, 2.75) is 70.5 Å². The number of nitrogens with zero attached hydrogens (tertiary/aromatic N) is 2. The molecule has 1 N–H and O–H groups in total. The molecule has 1 aliphatic rings. The number of sulfonamides is 1. The van der Waals surface area contributed by atoms with Crippen LogP contribution in [-0.4, -0.2) is 57.1 Å². The number of rotatable bonds is 12. The first-order chi connectivity index (χ1) is 18.1. The van der Waals surface area contributed by atoms with Gasteiger partial charge in [0.25, 0.3) is 0 Å².